The first-order valence-electron chi connectivity index (χ1n) is 15.4. The molecule has 0 atom stereocenters. The van der Waals surface area contributed by atoms with Crippen LogP contribution in [0.2, 0.25) is 5.02 Å². The molecule has 0 unspecified atom stereocenters. The van der Waals surface area contributed by atoms with Crippen molar-refractivity contribution >= 4 is 28.8 Å². The van der Waals surface area contributed by atoms with Gasteiger partial charge in [0.25, 0.3) is 0 Å². The van der Waals surface area contributed by atoms with E-state index in [1.165, 1.54) is 6.07 Å². The number of amides is 1. The van der Waals surface area contributed by atoms with Gasteiger partial charge in [0.15, 0.2) is 0 Å². The summed E-state index contributed by atoms with van der Waals surface area (Å²) in [7, 11) is 0. The summed E-state index contributed by atoms with van der Waals surface area (Å²) in [6.07, 6.45) is -3.74. The van der Waals surface area contributed by atoms with Gasteiger partial charge >= 0.3 is 6.18 Å². The normalized spacial score (nSPS) is 11.9. The van der Waals surface area contributed by atoms with Gasteiger partial charge in [-0.25, -0.2) is 0 Å². The van der Waals surface area contributed by atoms with Crippen LogP contribution < -0.4 is 10.1 Å². The molecule has 47 heavy (non-hydrogen) atoms. The number of carbonyl (C=O) groups excluding carboxylic acids is 1. The van der Waals surface area contributed by atoms with Gasteiger partial charge in [-0.1, -0.05) is 103 Å². The van der Waals surface area contributed by atoms with E-state index in [-0.39, 0.29) is 23.9 Å². The zero-order chi connectivity index (χ0) is 33.3. The van der Waals surface area contributed by atoms with Crippen LogP contribution in [0.4, 0.5) is 13.2 Å². The highest BCUT2D eigenvalue weighted by Crippen LogP contribution is 2.40. The number of ether oxygens (including phenoxy) is 1. The minimum absolute atomic E-state index is 0.0689. The van der Waals surface area contributed by atoms with E-state index in [0.29, 0.717) is 37.4 Å². The van der Waals surface area contributed by atoms with E-state index in [1.807, 2.05) is 102 Å². The van der Waals surface area contributed by atoms with Crippen LogP contribution in [-0.4, -0.2) is 24.0 Å². The van der Waals surface area contributed by atoms with Crippen LogP contribution in [0, 0.1) is 0 Å². The first kappa shape index (κ1) is 34.2. The molecule has 9 heteroatoms. The fourth-order valence-electron chi connectivity index (χ4n) is 5.68. The van der Waals surface area contributed by atoms with Crippen molar-refractivity contribution in [3.8, 4) is 5.75 Å². The SMILES string of the molecule is CC(c1ccccc1)(c1ccccc1)N(CCCOc1cccc(CC(=O)NCc2cccs2)c1)Cc1cccc(C(F)(F)F)c1Cl. The maximum absolute atomic E-state index is 13.8. The summed E-state index contributed by atoms with van der Waals surface area (Å²) in [5, 5.41) is 4.63. The van der Waals surface area contributed by atoms with Crippen LogP contribution in [0.25, 0.3) is 0 Å². The molecule has 4 nitrogen and oxygen atoms in total. The van der Waals surface area contributed by atoms with Crippen LogP contribution in [0.3, 0.4) is 0 Å². The van der Waals surface area contributed by atoms with Gasteiger partial charge < -0.3 is 10.1 Å². The fourth-order valence-corrected chi connectivity index (χ4v) is 6.62. The minimum Gasteiger partial charge on any atom is -0.494 e. The Morgan fingerprint density at radius 1 is 0.872 bits per heavy atom. The van der Waals surface area contributed by atoms with Gasteiger partial charge in [-0.05, 0) is 65.2 Å². The molecule has 0 aliphatic rings. The van der Waals surface area contributed by atoms with E-state index >= 15 is 0 Å². The largest absolute Gasteiger partial charge is 0.494 e. The summed E-state index contributed by atoms with van der Waals surface area (Å²) in [4.78, 5) is 15.8. The average Bonchev–Trinajstić information content (AvgIpc) is 3.60. The maximum Gasteiger partial charge on any atom is 0.417 e. The highest BCUT2D eigenvalue weighted by molar-refractivity contribution is 7.09. The molecule has 0 aliphatic heterocycles. The van der Waals surface area contributed by atoms with Crippen molar-refractivity contribution in [2.24, 2.45) is 0 Å². The van der Waals surface area contributed by atoms with E-state index in [1.54, 1.807) is 17.4 Å². The van der Waals surface area contributed by atoms with Crippen molar-refractivity contribution in [3.05, 3.63) is 158 Å². The lowest BCUT2D eigenvalue weighted by atomic mass is 9.82. The molecule has 1 heterocycles. The molecular weight excluding hydrogens is 641 g/mol. The van der Waals surface area contributed by atoms with E-state index in [4.69, 9.17) is 16.3 Å². The monoisotopic (exact) mass is 676 g/mol. The maximum atomic E-state index is 13.8. The van der Waals surface area contributed by atoms with Crippen molar-refractivity contribution in [2.45, 2.75) is 44.6 Å². The lowest BCUT2D eigenvalue weighted by molar-refractivity contribution is -0.137. The highest BCUT2D eigenvalue weighted by atomic mass is 35.5. The van der Waals surface area contributed by atoms with Gasteiger partial charge in [-0.15, -0.1) is 11.3 Å². The second-order valence-electron chi connectivity index (χ2n) is 11.4. The van der Waals surface area contributed by atoms with Gasteiger partial charge in [0.05, 0.1) is 35.7 Å². The van der Waals surface area contributed by atoms with Crippen LogP contribution >= 0.6 is 22.9 Å². The number of rotatable bonds is 14. The zero-order valence-electron chi connectivity index (χ0n) is 26.0. The average molecular weight is 677 g/mol. The van der Waals surface area contributed by atoms with Crippen LogP contribution in [0.5, 0.6) is 5.75 Å². The Kier molecular flexibility index (Phi) is 11.4. The molecule has 0 bridgehead atoms. The lowest BCUT2D eigenvalue weighted by Gasteiger charge is -2.43. The van der Waals surface area contributed by atoms with Crippen molar-refractivity contribution in [3.63, 3.8) is 0 Å². The van der Waals surface area contributed by atoms with Crippen molar-refractivity contribution in [2.75, 3.05) is 13.2 Å². The summed E-state index contributed by atoms with van der Waals surface area (Å²) < 4.78 is 47.5. The fraction of sp³-hybridized carbons (Fsp3) is 0.237. The number of hydrogen-bond donors (Lipinski definition) is 1. The standard InChI is InChI=1S/C38H36ClF3N2O2S/c1-37(30-14-4-2-5-15-30,31-16-6-3-7-17-31)44(27-29-13-9-20-34(36(29)39)38(40,41)42)21-11-22-46-32-18-8-12-28(24-32)25-35(45)43-26-33-19-10-23-47-33/h2-10,12-20,23-24H,11,21-22,25-27H2,1H3,(H,43,45). The molecule has 5 rings (SSSR count). The number of alkyl halides is 3. The van der Waals surface area contributed by atoms with Crippen molar-refractivity contribution in [1.29, 1.82) is 0 Å². The molecule has 1 aromatic heterocycles. The van der Waals surface area contributed by atoms with Gasteiger partial charge in [-0.2, -0.15) is 13.2 Å². The zero-order valence-corrected chi connectivity index (χ0v) is 27.5. The van der Waals surface area contributed by atoms with Crippen LogP contribution in [-0.2, 0) is 36.0 Å². The smallest absolute Gasteiger partial charge is 0.417 e. The molecule has 0 spiro atoms. The Balaban J connectivity index is 1.33. The summed E-state index contributed by atoms with van der Waals surface area (Å²) >= 11 is 8.02. The Morgan fingerprint density at radius 3 is 2.19 bits per heavy atom. The molecule has 0 fully saturated rings. The third-order valence-corrected chi connectivity index (χ3v) is 9.52. The Labute approximate surface area is 282 Å². The predicted molar refractivity (Wildman–Crippen MR) is 183 cm³/mol. The van der Waals surface area contributed by atoms with Gasteiger partial charge in [0.1, 0.15) is 5.75 Å². The van der Waals surface area contributed by atoms with Gasteiger partial charge in [-0.3, -0.25) is 9.69 Å². The highest BCUT2D eigenvalue weighted by Gasteiger charge is 2.38. The summed E-state index contributed by atoms with van der Waals surface area (Å²) in [6, 6.07) is 35.4. The number of carbonyl (C=O) groups is 1. The molecule has 0 radical (unpaired) electrons. The van der Waals surface area contributed by atoms with E-state index in [2.05, 4.69) is 17.1 Å². The Bertz CT molecular complexity index is 1690. The van der Waals surface area contributed by atoms with E-state index in [0.717, 1.165) is 27.6 Å². The third-order valence-electron chi connectivity index (χ3n) is 8.19. The summed E-state index contributed by atoms with van der Waals surface area (Å²) in [5.74, 6) is 0.579. The molecule has 244 valence electrons. The van der Waals surface area contributed by atoms with Crippen molar-refractivity contribution in [1.82, 2.24) is 10.2 Å². The second kappa shape index (κ2) is 15.7. The number of thiophene rings is 1. The van der Waals surface area contributed by atoms with Crippen LogP contribution in [0.15, 0.2) is 121 Å². The van der Waals surface area contributed by atoms with Crippen molar-refractivity contribution < 1.29 is 22.7 Å². The molecular formula is C38H36ClF3N2O2S. The molecule has 0 saturated carbocycles. The predicted octanol–water partition coefficient (Wildman–Crippen LogP) is 9.51. The topological polar surface area (TPSA) is 41.6 Å². The van der Waals surface area contributed by atoms with Gasteiger partial charge in [0.2, 0.25) is 5.91 Å². The molecule has 5 aromatic rings. The van der Waals surface area contributed by atoms with E-state index in [9.17, 15) is 18.0 Å². The molecule has 0 saturated heterocycles. The lowest BCUT2D eigenvalue weighted by Crippen LogP contribution is -2.45. The quantitative estimate of drug-likeness (QED) is 0.119. The number of benzene rings is 4. The molecule has 1 N–H and O–H groups in total. The number of nitrogens with zero attached hydrogens (tertiary/aromatic N) is 1. The van der Waals surface area contributed by atoms with Gasteiger partial charge in [0, 0.05) is 18.0 Å². The second-order valence-corrected chi connectivity index (χ2v) is 12.8. The third kappa shape index (κ3) is 8.83. The Morgan fingerprint density at radius 2 is 1.55 bits per heavy atom. The first-order valence-corrected chi connectivity index (χ1v) is 16.6. The minimum atomic E-state index is -4.56. The van der Waals surface area contributed by atoms with E-state index < -0.39 is 17.3 Å². The molecule has 1 amide bonds. The Hall–Kier alpha value is -4.11. The number of halogens is 4. The number of hydrogen-bond acceptors (Lipinski definition) is 4. The molecule has 4 aromatic carbocycles. The summed E-state index contributed by atoms with van der Waals surface area (Å²) in [5.41, 5.74) is 1.69. The number of nitrogens with one attached hydrogen (secondary N) is 1. The first-order chi connectivity index (χ1) is 22.6. The summed E-state index contributed by atoms with van der Waals surface area (Å²) in [6.45, 7) is 3.63. The van der Waals surface area contributed by atoms with Crippen LogP contribution in [0.1, 0.15) is 46.0 Å². The molecule has 0 aliphatic carbocycles.